The number of ether oxygens (including phenoxy) is 1. The Kier molecular flexibility index (Phi) is 3.45. The van der Waals surface area contributed by atoms with E-state index in [-0.39, 0.29) is 11.6 Å². The van der Waals surface area contributed by atoms with E-state index in [9.17, 15) is 4.79 Å². The lowest BCUT2D eigenvalue weighted by Gasteiger charge is -2.09. The van der Waals surface area contributed by atoms with E-state index in [0.29, 0.717) is 21.8 Å². The van der Waals surface area contributed by atoms with Crippen molar-refractivity contribution in [2.75, 3.05) is 12.4 Å². The second-order valence-corrected chi connectivity index (χ2v) is 4.73. The maximum atomic E-state index is 12.3. The Morgan fingerprint density at radius 3 is 3.05 bits per heavy atom. The normalized spacial score (nSPS) is 10.6. The number of carbonyl (C=O) groups excluding carboxylic acids is 1. The van der Waals surface area contributed by atoms with E-state index in [0.717, 1.165) is 5.52 Å². The lowest BCUT2D eigenvalue weighted by molar-refractivity contribution is 0.102. The summed E-state index contributed by atoms with van der Waals surface area (Å²) in [5.41, 5.74) is 1.49. The van der Waals surface area contributed by atoms with E-state index >= 15 is 0 Å². The van der Waals surface area contributed by atoms with Crippen LogP contribution in [0.2, 0.25) is 5.02 Å². The molecule has 0 aliphatic carbocycles. The quantitative estimate of drug-likeness (QED) is 0.779. The number of rotatable bonds is 3. The zero-order valence-electron chi connectivity index (χ0n) is 11.1. The number of aromatic nitrogens is 3. The van der Waals surface area contributed by atoms with Gasteiger partial charge in [-0.25, -0.2) is 0 Å². The summed E-state index contributed by atoms with van der Waals surface area (Å²) in [6.07, 6.45) is 3.21. The number of nitrogens with one attached hydrogen (secondary N) is 2. The van der Waals surface area contributed by atoms with Crippen LogP contribution in [0.1, 0.15) is 10.5 Å². The number of H-pyrrole nitrogens is 1. The number of amides is 1. The van der Waals surface area contributed by atoms with Crippen LogP contribution in [0.15, 0.2) is 36.7 Å². The molecule has 0 atom stereocenters. The van der Waals surface area contributed by atoms with Crippen LogP contribution in [0.5, 0.6) is 5.75 Å². The average molecular weight is 303 g/mol. The first-order valence-electron chi connectivity index (χ1n) is 6.12. The summed E-state index contributed by atoms with van der Waals surface area (Å²) in [5, 5.41) is 10.7. The molecule has 0 bridgehead atoms. The van der Waals surface area contributed by atoms with Gasteiger partial charge in [-0.05, 0) is 24.3 Å². The van der Waals surface area contributed by atoms with Gasteiger partial charge in [0.15, 0.2) is 5.69 Å². The maximum absolute atomic E-state index is 12.3. The zero-order valence-corrected chi connectivity index (χ0v) is 11.8. The third-order valence-corrected chi connectivity index (χ3v) is 3.22. The number of anilines is 1. The minimum atomic E-state index is -0.366. The summed E-state index contributed by atoms with van der Waals surface area (Å²) >= 11 is 5.94. The van der Waals surface area contributed by atoms with Crippen LogP contribution in [0, 0.1) is 0 Å². The van der Waals surface area contributed by atoms with Gasteiger partial charge < -0.3 is 10.1 Å². The number of halogens is 1. The molecule has 2 aromatic heterocycles. The van der Waals surface area contributed by atoms with Gasteiger partial charge in [-0.15, -0.1) is 0 Å². The van der Waals surface area contributed by atoms with E-state index in [1.807, 2.05) is 0 Å². The van der Waals surface area contributed by atoms with E-state index in [2.05, 4.69) is 20.5 Å². The summed E-state index contributed by atoms with van der Waals surface area (Å²) in [6, 6.07) is 6.73. The number of hydrogen-bond donors (Lipinski definition) is 2. The second-order valence-electron chi connectivity index (χ2n) is 4.29. The Bertz CT molecular complexity index is 816. The Labute approximate surface area is 125 Å². The maximum Gasteiger partial charge on any atom is 0.276 e. The monoisotopic (exact) mass is 302 g/mol. The molecule has 2 N–H and O–H groups in total. The van der Waals surface area contributed by atoms with Gasteiger partial charge in [0, 0.05) is 17.4 Å². The molecule has 1 amide bonds. The van der Waals surface area contributed by atoms with Gasteiger partial charge in [0.1, 0.15) is 5.75 Å². The predicted octanol–water partition coefficient (Wildman–Crippen LogP) is 2.87. The van der Waals surface area contributed by atoms with Crippen LogP contribution in [0.3, 0.4) is 0 Å². The Morgan fingerprint density at radius 2 is 2.24 bits per heavy atom. The van der Waals surface area contributed by atoms with Crippen molar-refractivity contribution in [3.63, 3.8) is 0 Å². The average Bonchev–Trinajstić information content (AvgIpc) is 2.91. The van der Waals surface area contributed by atoms with Gasteiger partial charge in [0.25, 0.3) is 5.91 Å². The molecule has 0 spiro atoms. The second kappa shape index (κ2) is 5.41. The third-order valence-electron chi connectivity index (χ3n) is 2.99. The first-order valence-corrected chi connectivity index (χ1v) is 6.50. The fourth-order valence-electron chi connectivity index (χ4n) is 1.99. The topological polar surface area (TPSA) is 79.9 Å². The molecule has 0 saturated carbocycles. The van der Waals surface area contributed by atoms with E-state index in [1.165, 1.54) is 7.11 Å². The summed E-state index contributed by atoms with van der Waals surface area (Å²) in [7, 11) is 1.52. The van der Waals surface area contributed by atoms with Gasteiger partial charge in [-0.2, -0.15) is 5.10 Å². The molecule has 3 aromatic rings. The molecule has 1 aromatic carbocycles. The molecule has 21 heavy (non-hydrogen) atoms. The fourth-order valence-corrected chi connectivity index (χ4v) is 2.16. The lowest BCUT2D eigenvalue weighted by atomic mass is 10.2. The number of nitrogens with zero attached hydrogens (tertiary/aromatic N) is 2. The van der Waals surface area contributed by atoms with Crippen molar-refractivity contribution in [2.24, 2.45) is 0 Å². The van der Waals surface area contributed by atoms with Crippen molar-refractivity contribution in [3.8, 4) is 5.75 Å². The molecule has 0 radical (unpaired) electrons. The molecule has 2 heterocycles. The molecule has 0 unspecified atom stereocenters. The Morgan fingerprint density at radius 1 is 1.38 bits per heavy atom. The number of hydrogen-bond acceptors (Lipinski definition) is 4. The molecule has 106 valence electrons. The summed E-state index contributed by atoms with van der Waals surface area (Å²) in [4.78, 5) is 16.3. The number of carbonyl (C=O) groups is 1. The minimum absolute atomic E-state index is 0.264. The summed E-state index contributed by atoms with van der Waals surface area (Å²) in [5.74, 6) is 0.153. The summed E-state index contributed by atoms with van der Waals surface area (Å²) in [6.45, 7) is 0. The van der Waals surface area contributed by atoms with Crippen LogP contribution in [-0.2, 0) is 0 Å². The first-order chi connectivity index (χ1) is 10.2. The largest absolute Gasteiger partial charge is 0.495 e. The zero-order chi connectivity index (χ0) is 14.8. The van der Waals surface area contributed by atoms with Crippen molar-refractivity contribution in [1.82, 2.24) is 15.2 Å². The van der Waals surface area contributed by atoms with Crippen molar-refractivity contribution in [3.05, 3.63) is 47.4 Å². The van der Waals surface area contributed by atoms with Gasteiger partial charge >= 0.3 is 0 Å². The van der Waals surface area contributed by atoms with Gasteiger partial charge in [-0.1, -0.05) is 11.6 Å². The molecular formula is C14H11ClN4O2. The van der Waals surface area contributed by atoms with Crippen molar-refractivity contribution in [1.29, 1.82) is 0 Å². The molecular weight excluding hydrogens is 292 g/mol. The SMILES string of the molecule is COc1ccc(Cl)cc1NC(=O)c1n[nH]c2ccncc12. The molecule has 0 aliphatic heterocycles. The molecule has 0 fully saturated rings. The smallest absolute Gasteiger partial charge is 0.276 e. The molecule has 0 saturated heterocycles. The number of pyridine rings is 1. The van der Waals surface area contributed by atoms with Crippen LogP contribution >= 0.6 is 11.6 Å². The molecule has 7 heteroatoms. The standard InChI is InChI=1S/C14H11ClN4O2/c1-21-12-3-2-8(15)6-11(12)17-14(20)13-9-7-16-5-4-10(9)18-19-13/h2-7H,1H3,(H,17,20)(H,18,19). The highest BCUT2D eigenvalue weighted by atomic mass is 35.5. The first kappa shape index (κ1) is 13.4. The fraction of sp³-hybridized carbons (Fsp3) is 0.0714. The van der Waals surface area contributed by atoms with Crippen molar-refractivity contribution < 1.29 is 9.53 Å². The van der Waals surface area contributed by atoms with Crippen LogP contribution < -0.4 is 10.1 Å². The van der Waals surface area contributed by atoms with Crippen LogP contribution in [0.4, 0.5) is 5.69 Å². The highest BCUT2D eigenvalue weighted by molar-refractivity contribution is 6.31. The Hall–Kier alpha value is -2.60. The van der Waals surface area contributed by atoms with Gasteiger partial charge in [0.05, 0.1) is 23.7 Å². The Balaban J connectivity index is 1.95. The van der Waals surface area contributed by atoms with E-state index in [4.69, 9.17) is 16.3 Å². The highest BCUT2D eigenvalue weighted by Crippen LogP contribution is 2.28. The number of methoxy groups -OCH3 is 1. The van der Waals surface area contributed by atoms with E-state index in [1.54, 1.807) is 36.7 Å². The number of benzene rings is 1. The highest BCUT2D eigenvalue weighted by Gasteiger charge is 2.16. The number of fused-ring (bicyclic) bond motifs is 1. The van der Waals surface area contributed by atoms with Crippen molar-refractivity contribution in [2.45, 2.75) is 0 Å². The molecule has 0 aliphatic rings. The van der Waals surface area contributed by atoms with Gasteiger partial charge in [-0.3, -0.25) is 14.9 Å². The van der Waals surface area contributed by atoms with Crippen molar-refractivity contribution >= 4 is 34.1 Å². The minimum Gasteiger partial charge on any atom is -0.495 e. The molecule has 6 nitrogen and oxygen atoms in total. The third kappa shape index (κ3) is 2.53. The lowest BCUT2D eigenvalue weighted by Crippen LogP contribution is -2.13. The van der Waals surface area contributed by atoms with Gasteiger partial charge in [0.2, 0.25) is 0 Å². The van der Waals surface area contributed by atoms with E-state index < -0.39 is 0 Å². The number of aromatic amines is 1. The predicted molar refractivity (Wildman–Crippen MR) is 79.8 cm³/mol. The molecule has 3 rings (SSSR count). The van der Waals surface area contributed by atoms with Crippen LogP contribution in [0.25, 0.3) is 10.9 Å². The summed E-state index contributed by atoms with van der Waals surface area (Å²) < 4.78 is 5.19. The van der Waals surface area contributed by atoms with Crippen LogP contribution in [-0.4, -0.2) is 28.2 Å².